The summed E-state index contributed by atoms with van der Waals surface area (Å²) in [7, 11) is 1.60. The third-order valence-electron chi connectivity index (χ3n) is 9.43. The lowest BCUT2D eigenvalue weighted by Gasteiger charge is -2.50. The molecule has 0 spiro atoms. The highest BCUT2D eigenvalue weighted by Gasteiger charge is 2.58. The van der Waals surface area contributed by atoms with Gasteiger partial charge in [0.15, 0.2) is 11.5 Å². The van der Waals surface area contributed by atoms with Gasteiger partial charge in [-0.3, -0.25) is 9.59 Å². The Kier molecular flexibility index (Phi) is 7.09. The second kappa shape index (κ2) is 10.3. The number of amides is 1. The number of hydrogen-bond donors (Lipinski definition) is 2. The van der Waals surface area contributed by atoms with Gasteiger partial charge in [-0.1, -0.05) is 43.7 Å². The van der Waals surface area contributed by atoms with Gasteiger partial charge in [-0.2, -0.15) is 0 Å². The molecule has 0 aliphatic heterocycles. The van der Waals surface area contributed by atoms with Gasteiger partial charge < -0.3 is 15.2 Å². The molecule has 0 aromatic heterocycles. The van der Waals surface area contributed by atoms with E-state index >= 15 is 0 Å². The highest BCUT2D eigenvalue weighted by molar-refractivity contribution is 5.87. The number of rotatable bonds is 8. The quantitative estimate of drug-likeness (QED) is 0.451. The smallest absolute Gasteiger partial charge is 0.220 e. The molecule has 2 saturated carbocycles. The second-order valence-corrected chi connectivity index (χ2v) is 11.4. The summed E-state index contributed by atoms with van der Waals surface area (Å²) < 4.78 is 5.43. The van der Waals surface area contributed by atoms with Crippen molar-refractivity contribution in [2.45, 2.75) is 77.2 Å². The number of carbonyl (C=O) groups excluding carboxylic acids is 2. The van der Waals surface area contributed by atoms with Crippen LogP contribution in [0.25, 0.3) is 0 Å². The lowest BCUT2D eigenvalue weighted by atomic mass is 9.54. The molecule has 1 amide bonds. The zero-order valence-corrected chi connectivity index (χ0v) is 21.6. The van der Waals surface area contributed by atoms with Crippen LogP contribution in [0.2, 0.25) is 0 Å². The van der Waals surface area contributed by atoms with E-state index in [0.717, 1.165) is 50.5 Å². The molecule has 2 aromatic carbocycles. The van der Waals surface area contributed by atoms with Crippen LogP contribution in [0.15, 0.2) is 42.5 Å². The number of nitrogens with one attached hydrogen (secondary N) is 1. The van der Waals surface area contributed by atoms with Gasteiger partial charge in [0.25, 0.3) is 0 Å². The van der Waals surface area contributed by atoms with E-state index in [1.165, 1.54) is 11.1 Å². The number of unbranched alkanes of at least 4 members (excludes halogenated alkanes) is 1. The van der Waals surface area contributed by atoms with Crippen LogP contribution in [-0.2, 0) is 22.6 Å². The van der Waals surface area contributed by atoms with E-state index in [9.17, 15) is 14.7 Å². The summed E-state index contributed by atoms with van der Waals surface area (Å²) in [6, 6.07) is 13.9. The minimum Gasteiger partial charge on any atom is -0.504 e. The molecule has 3 aliphatic rings. The van der Waals surface area contributed by atoms with Crippen molar-refractivity contribution < 1.29 is 19.4 Å². The Labute approximate surface area is 214 Å². The number of aromatic hydroxyl groups is 1. The lowest BCUT2D eigenvalue weighted by Crippen LogP contribution is -2.44. The number of phenolic OH excluding ortho intramolecular Hbond substituents is 1. The molecule has 0 radical (unpaired) electrons. The van der Waals surface area contributed by atoms with Crippen molar-refractivity contribution in [1.82, 2.24) is 5.32 Å². The molecule has 2 aromatic rings. The molecule has 5 atom stereocenters. The Hall–Kier alpha value is -2.82. The highest BCUT2D eigenvalue weighted by atomic mass is 16.5. The van der Waals surface area contributed by atoms with Gasteiger partial charge in [0, 0.05) is 24.8 Å². The molecular weight excluding hydrogens is 450 g/mol. The number of aryl methyl sites for hydroxylation is 1. The van der Waals surface area contributed by atoms with Crippen LogP contribution in [0, 0.1) is 23.2 Å². The molecule has 36 heavy (non-hydrogen) atoms. The summed E-state index contributed by atoms with van der Waals surface area (Å²) >= 11 is 0. The molecule has 3 aliphatic carbocycles. The minimum absolute atomic E-state index is 0.102. The summed E-state index contributed by atoms with van der Waals surface area (Å²) in [5, 5.41) is 13.3. The normalized spacial score (nSPS) is 28.7. The van der Waals surface area contributed by atoms with Crippen LogP contribution in [0.1, 0.15) is 80.9 Å². The van der Waals surface area contributed by atoms with E-state index in [1.54, 1.807) is 7.11 Å². The first-order valence-electron chi connectivity index (χ1n) is 13.6. The summed E-state index contributed by atoms with van der Waals surface area (Å²) in [5.41, 5.74) is 3.46. The van der Waals surface area contributed by atoms with E-state index in [1.807, 2.05) is 42.5 Å². The minimum atomic E-state index is -0.211. The van der Waals surface area contributed by atoms with Crippen molar-refractivity contribution in [2.24, 2.45) is 23.2 Å². The van der Waals surface area contributed by atoms with Gasteiger partial charge in [-0.25, -0.2) is 0 Å². The molecule has 5 nitrogen and oxygen atoms in total. The second-order valence-electron chi connectivity index (χ2n) is 11.4. The Balaban J connectivity index is 1.21. The van der Waals surface area contributed by atoms with Gasteiger partial charge in [0.2, 0.25) is 5.91 Å². The van der Waals surface area contributed by atoms with Gasteiger partial charge >= 0.3 is 0 Å². The summed E-state index contributed by atoms with van der Waals surface area (Å²) in [6.07, 6.45) is 8.10. The Morgan fingerprint density at radius 1 is 1.17 bits per heavy atom. The molecule has 0 heterocycles. The predicted octanol–water partition coefficient (Wildman–Crippen LogP) is 5.93. The number of methoxy groups -OCH3 is 1. The molecule has 2 fully saturated rings. The number of benzene rings is 2. The van der Waals surface area contributed by atoms with E-state index in [0.29, 0.717) is 54.6 Å². The van der Waals surface area contributed by atoms with Crippen molar-refractivity contribution in [3.63, 3.8) is 0 Å². The average molecular weight is 490 g/mol. The molecule has 0 bridgehead atoms. The monoisotopic (exact) mass is 489 g/mol. The number of ether oxygens (including phenoxy) is 1. The summed E-state index contributed by atoms with van der Waals surface area (Å²) in [4.78, 5) is 25.6. The molecule has 2 unspecified atom stereocenters. The van der Waals surface area contributed by atoms with Crippen molar-refractivity contribution in [3.8, 4) is 11.5 Å². The SMILES string of the molecule is COc1cc2c(cc1O)CCC1[C@@H]3C(CCCCC(=O)NCc4ccccc4)CC(=O)[C@@]3(C)CC[C@H]21. The van der Waals surface area contributed by atoms with Crippen molar-refractivity contribution in [3.05, 3.63) is 59.2 Å². The number of hydrogen-bond acceptors (Lipinski definition) is 4. The third-order valence-corrected chi connectivity index (χ3v) is 9.43. The van der Waals surface area contributed by atoms with Crippen LogP contribution in [0.4, 0.5) is 0 Å². The van der Waals surface area contributed by atoms with Gasteiger partial charge in [-0.15, -0.1) is 0 Å². The fourth-order valence-corrected chi connectivity index (χ4v) is 7.65. The van der Waals surface area contributed by atoms with Gasteiger partial charge in [0.05, 0.1) is 7.11 Å². The molecule has 5 rings (SSSR count). The number of Topliss-reactive ketones (excluding diaryl/α,β-unsaturated/α-hetero) is 1. The first-order valence-corrected chi connectivity index (χ1v) is 13.6. The number of fused-ring (bicyclic) bond motifs is 5. The van der Waals surface area contributed by atoms with Crippen molar-refractivity contribution in [2.75, 3.05) is 7.11 Å². The Morgan fingerprint density at radius 2 is 1.97 bits per heavy atom. The summed E-state index contributed by atoms with van der Waals surface area (Å²) in [5.74, 6) is 3.06. The molecule has 2 N–H and O–H groups in total. The predicted molar refractivity (Wildman–Crippen MR) is 140 cm³/mol. The largest absolute Gasteiger partial charge is 0.504 e. The van der Waals surface area contributed by atoms with Crippen LogP contribution in [-0.4, -0.2) is 23.9 Å². The van der Waals surface area contributed by atoms with Crippen LogP contribution < -0.4 is 10.1 Å². The Bertz CT molecular complexity index is 1110. The number of phenols is 1. The zero-order valence-electron chi connectivity index (χ0n) is 21.6. The van der Waals surface area contributed by atoms with Crippen LogP contribution in [0.3, 0.4) is 0 Å². The number of carbonyl (C=O) groups is 2. The van der Waals surface area contributed by atoms with Crippen LogP contribution in [0.5, 0.6) is 11.5 Å². The molecule has 5 heteroatoms. The lowest BCUT2D eigenvalue weighted by molar-refractivity contribution is -0.129. The van der Waals surface area contributed by atoms with Crippen LogP contribution >= 0.6 is 0 Å². The third kappa shape index (κ3) is 4.65. The topological polar surface area (TPSA) is 75.6 Å². The van der Waals surface area contributed by atoms with Gasteiger partial charge in [-0.05, 0) is 91.0 Å². The molecule has 192 valence electrons. The summed E-state index contributed by atoms with van der Waals surface area (Å²) in [6.45, 7) is 2.80. The van der Waals surface area contributed by atoms with E-state index in [4.69, 9.17) is 4.74 Å². The standard InChI is InChI=1S/C31H39NO4/c1-31-15-14-23-24(13-12-21-16-26(33)27(36-2)18-25(21)23)30(31)22(17-28(31)34)10-6-7-11-29(35)32-19-20-8-4-3-5-9-20/h3-5,8-9,16,18,22-24,30,33H,6-7,10-15,17,19H2,1-2H3,(H,32,35)/t22?,23-,24?,30-,31+/m0/s1. The van der Waals surface area contributed by atoms with E-state index in [-0.39, 0.29) is 17.1 Å². The maximum absolute atomic E-state index is 13.2. The first kappa shape index (κ1) is 24.9. The zero-order chi connectivity index (χ0) is 25.3. The number of ketones is 1. The highest BCUT2D eigenvalue weighted by Crippen LogP contribution is 2.62. The van der Waals surface area contributed by atoms with Crippen molar-refractivity contribution >= 4 is 11.7 Å². The molecule has 0 saturated heterocycles. The first-order chi connectivity index (χ1) is 17.4. The maximum atomic E-state index is 13.2. The average Bonchev–Trinajstić information content (AvgIpc) is 3.15. The van der Waals surface area contributed by atoms with Gasteiger partial charge in [0.1, 0.15) is 5.78 Å². The van der Waals surface area contributed by atoms with E-state index < -0.39 is 0 Å². The molecular formula is C31H39NO4. The van der Waals surface area contributed by atoms with E-state index in [2.05, 4.69) is 12.2 Å². The maximum Gasteiger partial charge on any atom is 0.220 e. The fraction of sp³-hybridized carbons (Fsp3) is 0.548. The van der Waals surface area contributed by atoms with Crippen molar-refractivity contribution in [1.29, 1.82) is 0 Å². The Morgan fingerprint density at radius 3 is 2.75 bits per heavy atom. The fourth-order valence-electron chi connectivity index (χ4n) is 7.65.